The fourth-order valence-electron chi connectivity index (χ4n) is 2.43. The molecule has 3 aromatic rings. The Morgan fingerprint density at radius 3 is 2.23 bits per heavy atom. The van der Waals surface area contributed by atoms with E-state index in [4.69, 9.17) is 9.47 Å². The maximum absolute atomic E-state index is 11.8. The predicted molar refractivity (Wildman–Crippen MR) is 98.2 cm³/mol. The maximum Gasteiger partial charge on any atom is 0.339 e. The molecule has 3 aromatic carbocycles. The zero-order valence-electron chi connectivity index (χ0n) is 14.1. The van der Waals surface area contributed by atoms with Gasteiger partial charge in [0.15, 0.2) is 6.29 Å². The van der Waals surface area contributed by atoms with Crippen molar-refractivity contribution >= 4 is 12.3 Å². The first-order valence-corrected chi connectivity index (χ1v) is 8.24. The summed E-state index contributed by atoms with van der Waals surface area (Å²) in [6.07, 6.45) is 0.652. The summed E-state index contributed by atoms with van der Waals surface area (Å²) in [6, 6.07) is 24.1. The van der Waals surface area contributed by atoms with Crippen LogP contribution in [0.4, 0.5) is 0 Å². The third-order valence-electron chi connectivity index (χ3n) is 3.88. The van der Waals surface area contributed by atoms with Crippen LogP contribution in [0.15, 0.2) is 78.9 Å². The van der Waals surface area contributed by atoms with Gasteiger partial charge in [0.05, 0.1) is 5.56 Å². The summed E-state index contributed by atoms with van der Waals surface area (Å²) in [7, 11) is 0. The van der Waals surface area contributed by atoms with Crippen LogP contribution in [-0.4, -0.2) is 12.3 Å². The summed E-state index contributed by atoms with van der Waals surface area (Å²) < 4.78 is 10.2. The van der Waals surface area contributed by atoms with Crippen LogP contribution in [0.25, 0.3) is 0 Å². The molecular weight excluding hydrogens is 328 g/mol. The Morgan fingerprint density at radius 1 is 0.923 bits per heavy atom. The molecule has 0 saturated heterocycles. The van der Waals surface area contributed by atoms with E-state index in [0.29, 0.717) is 17.4 Å². The number of esters is 1. The van der Waals surface area contributed by atoms with E-state index in [0.717, 1.165) is 17.9 Å². The molecule has 0 fully saturated rings. The van der Waals surface area contributed by atoms with Crippen molar-refractivity contribution in [2.45, 2.75) is 13.2 Å². The van der Waals surface area contributed by atoms with Gasteiger partial charge in [-0.2, -0.15) is 0 Å². The van der Waals surface area contributed by atoms with E-state index < -0.39 is 5.97 Å². The average Bonchev–Trinajstić information content (AvgIpc) is 2.68. The highest BCUT2D eigenvalue weighted by Gasteiger charge is 2.12. The Hall–Kier alpha value is -3.40. The van der Waals surface area contributed by atoms with Gasteiger partial charge in [-0.15, -0.1) is 0 Å². The lowest BCUT2D eigenvalue weighted by molar-refractivity contribution is 0.0471. The topological polar surface area (TPSA) is 52.6 Å². The number of rotatable bonds is 4. The summed E-state index contributed by atoms with van der Waals surface area (Å²) in [4.78, 5) is 22.6. The molecule has 0 atom stereocenters. The molecule has 4 nitrogen and oxygen atoms in total. The van der Waals surface area contributed by atoms with Crippen molar-refractivity contribution in [1.29, 1.82) is 0 Å². The second-order valence-electron chi connectivity index (χ2n) is 5.66. The molecule has 1 aliphatic rings. The molecule has 4 heteroatoms. The lowest BCUT2D eigenvalue weighted by Crippen LogP contribution is -2.08. The largest absolute Gasteiger partial charge is 0.488 e. The molecule has 1 aliphatic heterocycles. The smallest absolute Gasteiger partial charge is 0.339 e. The third-order valence-corrected chi connectivity index (χ3v) is 3.88. The fraction of sp³-hybridized carbons (Fsp3) is 0.0909. The van der Waals surface area contributed by atoms with Gasteiger partial charge in [-0.1, -0.05) is 66.7 Å². The Labute approximate surface area is 152 Å². The van der Waals surface area contributed by atoms with Crippen LogP contribution in [0.1, 0.15) is 31.8 Å². The van der Waals surface area contributed by atoms with Crippen LogP contribution in [0.3, 0.4) is 0 Å². The average molecular weight is 346 g/mol. The van der Waals surface area contributed by atoms with Crippen LogP contribution in [0.2, 0.25) is 0 Å². The minimum absolute atomic E-state index is 0.201. The van der Waals surface area contributed by atoms with Crippen molar-refractivity contribution in [3.05, 3.63) is 101 Å². The molecule has 26 heavy (non-hydrogen) atoms. The van der Waals surface area contributed by atoms with Crippen LogP contribution < -0.4 is 4.74 Å². The van der Waals surface area contributed by atoms with E-state index in [1.54, 1.807) is 24.3 Å². The molecule has 0 bridgehead atoms. The standard InChI is InChI=1S/C15H12O3.C7H6O/c16-10-13-8-4-5-9-14(13)15(17)18-11-12-6-2-1-3-7-12;1-2-4-7-6(3-1)5-8-7/h1-10H,11H2;1-4H,5H2. The van der Waals surface area contributed by atoms with Gasteiger partial charge >= 0.3 is 5.97 Å². The maximum atomic E-state index is 11.8. The summed E-state index contributed by atoms with van der Waals surface area (Å²) in [5.41, 5.74) is 2.88. The van der Waals surface area contributed by atoms with E-state index >= 15 is 0 Å². The summed E-state index contributed by atoms with van der Waals surface area (Å²) in [5.74, 6) is 0.564. The summed E-state index contributed by atoms with van der Waals surface area (Å²) in [5, 5.41) is 0. The number of carbonyl (C=O) groups excluding carboxylic acids is 2. The van der Waals surface area contributed by atoms with Crippen molar-refractivity contribution < 1.29 is 19.1 Å². The first-order chi connectivity index (χ1) is 12.8. The molecule has 4 rings (SSSR count). The Bertz CT molecular complexity index is 864. The van der Waals surface area contributed by atoms with Crippen molar-refractivity contribution in [2.75, 3.05) is 0 Å². The van der Waals surface area contributed by atoms with Gasteiger partial charge in [-0.3, -0.25) is 4.79 Å². The number of carbonyl (C=O) groups is 2. The minimum atomic E-state index is -0.485. The zero-order valence-corrected chi connectivity index (χ0v) is 14.1. The molecule has 0 aliphatic carbocycles. The van der Waals surface area contributed by atoms with E-state index in [1.165, 1.54) is 5.56 Å². The van der Waals surface area contributed by atoms with Gasteiger partial charge in [-0.05, 0) is 17.7 Å². The van der Waals surface area contributed by atoms with Gasteiger partial charge in [0.2, 0.25) is 0 Å². The van der Waals surface area contributed by atoms with Gasteiger partial charge in [0, 0.05) is 11.1 Å². The Kier molecular flexibility index (Phi) is 5.78. The third kappa shape index (κ3) is 4.36. The van der Waals surface area contributed by atoms with Crippen molar-refractivity contribution in [2.24, 2.45) is 0 Å². The van der Waals surface area contributed by atoms with E-state index in [1.807, 2.05) is 48.5 Å². The second kappa shape index (κ2) is 8.62. The van der Waals surface area contributed by atoms with Crippen LogP contribution in [0, 0.1) is 0 Å². The zero-order chi connectivity index (χ0) is 18.2. The number of para-hydroxylation sites is 1. The lowest BCUT2D eigenvalue weighted by Gasteiger charge is -2.18. The number of hydrogen-bond acceptors (Lipinski definition) is 4. The van der Waals surface area contributed by atoms with Crippen molar-refractivity contribution in [3.8, 4) is 5.75 Å². The Morgan fingerprint density at radius 2 is 1.62 bits per heavy atom. The molecular formula is C22H18O4. The molecule has 1 heterocycles. The molecule has 0 unspecified atom stereocenters. The van der Waals surface area contributed by atoms with Crippen molar-refractivity contribution in [3.63, 3.8) is 0 Å². The molecule has 0 amide bonds. The molecule has 0 aromatic heterocycles. The molecule has 130 valence electrons. The van der Waals surface area contributed by atoms with Crippen LogP contribution in [0.5, 0.6) is 5.75 Å². The number of hydrogen-bond donors (Lipinski definition) is 0. The molecule has 0 spiro atoms. The summed E-state index contributed by atoms with van der Waals surface area (Å²) in [6.45, 7) is 1.00. The number of fused-ring (bicyclic) bond motifs is 1. The highest BCUT2D eigenvalue weighted by molar-refractivity contribution is 5.98. The van der Waals surface area contributed by atoms with Gasteiger partial charge in [-0.25, -0.2) is 4.79 Å². The highest BCUT2D eigenvalue weighted by Crippen LogP contribution is 2.27. The fourth-order valence-corrected chi connectivity index (χ4v) is 2.43. The van der Waals surface area contributed by atoms with Crippen molar-refractivity contribution in [1.82, 2.24) is 0 Å². The molecule has 0 N–H and O–H groups in total. The number of aldehydes is 1. The van der Waals surface area contributed by atoms with Crippen LogP contribution >= 0.6 is 0 Å². The van der Waals surface area contributed by atoms with Gasteiger partial charge in [0.25, 0.3) is 0 Å². The Balaban J connectivity index is 0.000000201. The number of ether oxygens (including phenoxy) is 2. The van der Waals surface area contributed by atoms with E-state index in [9.17, 15) is 9.59 Å². The monoisotopic (exact) mass is 346 g/mol. The quantitative estimate of drug-likeness (QED) is 0.518. The highest BCUT2D eigenvalue weighted by atomic mass is 16.5. The SMILES string of the molecule is O=Cc1ccccc1C(=O)OCc1ccccc1.c1ccc2c(c1)CO2. The van der Waals surface area contributed by atoms with Gasteiger partial charge < -0.3 is 9.47 Å². The van der Waals surface area contributed by atoms with Gasteiger partial charge in [0.1, 0.15) is 19.0 Å². The summed E-state index contributed by atoms with van der Waals surface area (Å²) >= 11 is 0. The second-order valence-corrected chi connectivity index (χ2v) is 5.66. The van der Waals surface area contributed by atoms with E-state index in [-0.39, 0.29) is 6.61 Å². The molecule has 0 radical (unpaired) electrons. The normalized spacial score (nSPS) is 10.9. The van der Waals surface area contributed by atoms with E-state index in [2.05, 4.69) is 6.07 Å². The lowest BCUT2D eigenvalue weighted by atomic mass is 10.1. The predicted octanol–water partition coefficient (Wildman–Crippen LogP) is 4.44. The molecule has 0 saturated carbocycles. The van der Waals surface area contributed by atoms with Crippen LogP contribution in [-0.2, 0) is 18.0 Å². The number of benzene rings is 3. The minimum Gasteiger partial charge on any atom is -0.488 e. The first kappa shape index (κ1) is 17.4. The first-order valence-electron chi connectivity index (χ1n) is 8.24.